The molecule has 0 aliphatic carbocycles. The van der Waals surface area contributed by atoms with Gasteiger partial charge in [-0.3, -0.25) is 9.69 Å². The van der Waals surface area contributed by atoms with E-state index >= 15 is 0 Å². The third kappa shape index (κ3) is 5.95. The smallest absolute Gasteiger partial charge is 0.251 e. The Kier molecular flexibility index (Phi) is 7.90. The van der Waals surface area contributed by atoms with Crippen LogP contribution in [0.4, 0.5) is 0 Å². The van der Waals surface area contributed by atoms with E-state index in [1.165, 1.54) is 5.56 Å². The Labute approximate surface area is 172 Å². The molecule has 0 radical (unpaired) electrons. The number of unbranched alkanes of at least 4 members (excludes halogenated alkanes) is 1. The summed E-state index contributed by atoms with van der Waals surface area (Å²) in [6.07, 6.45) is 2.12. The molecule has 2 aromatic rings. The Morgan fingerprint density at radius 3 is 2.66 bits per heavy atom. The van der Waals surface area contributed by atoms with Crippen molar-refractivity contribution in [3.63, 3.8) is 0 Å². The predicted octanol–water partition coefficient (Wildman–Crippen LogP) is 3.29. The fourth-order valence-corrected chi connectivity index (χ4v) is 3.52. The van der Waals surface area contributed by atoms with Crippen LogP contribution in [0.1, 0.15) is 34.9 Å². The molecule has 2 aromatic carbocycles. The second-order valence-corrected chi connectivity index (χ2v) is 7.10. The lowest BCUT2D eigenvalue weighted by Gasteiger charge is -2.33. The van der Waals surface area contributed by atoms with Crippen molar-refractivity contribution in [1.82, 2.24) is 10.2 Å². The molecule has 3 rings (SSSR count). The predicted molar refractivity (Wildman–Crippen MR) is 113 cm³/mol. The first kappa shape index (κ1) is 21.1. The van der Waals surface area contributed by atoms with E-state index in [0.717, 1.165) is 39.1 Å². The molecule has 156 valence electrons. The molecular formula is C23H30N2O4. The molecule has 6 nitrogen and oxygen atoms in total. The van der Waals surface area contributed by atoms with Crippen LogP contribution in [-0.2, 0) is 4.74 Å². The minimum atomic E-state index is -0.0959. The number of methoxy groups -OCH3 is 2. The van der Waals surface area contributed by atoms with E-state index in [1.54, 1.807) is 32.4 Å². The average molecular weight is 399 g/mol. The summed E-state index contributed by atoms with van der Waals surface area (Å²) in [7, 11) is 3.14. The largest absolute Gasteiger partial charge is 0.493 e. The number of amides is 1. The van der Waals surface area contributed by atoms with Crippen molar-refractivity contribution < 1.29 is 19.0 Å². The van der Waals surface area contributed by atoms with E-state index in [0.29, 0.717) is 23.6 Å². The fourth-order valence-electron chi connectivity index (χ4n) is 3.52. The number of rotatable bonds is 9. The number of carbonyl (C=O) groups excluding carboxylic acids is 1. The van der Waals surface area contributed by atoms with Gasteiger partial charge in [0.1, 0.15) is 0 Å². The fraction of sp³-hybridized carbons (Fsp3) is 0.435. The van der Waals surface area contributed by atoms with Crippen LogP contribution in [-0.4, -0.2) is 57.8 Å². The van der Waals surface area contributed by atoms with E-state index in [9.17, 15) is 4.79 Å². The molecule has 1 unspecified atom stereocenters. The number of morpholine rings is 1. The van der Waals surface area contributed by atoms with Crippen molar-refractivity contribution in [1.29, 1.82) is 0 Å². The molecule has 0 bridgehead atoms. The van der Waals surface area contributed by atoms with Crippen molar-refractivity contribution in [2.24, 2.45) is 0 Å². The van der Waals surface area contributed by atoms with Gasteiger partial charge in [-0.25, -0.2) is 0 Å². The number of ether oxygens (including phenoxy) is 3. The van der Waals surface area contributed by atoms with Gasteiger partial charge in [0.15, 0.2) is 11.5 Å². The van der Waals surface area contributed by atoms with Gasteiger partial charge in [0.05, 0.1) is 26.9 Å². The highest BCUT2D eigenvalue weighted by Crippen LogP contribution is 2.27. The summed E-state index contributed by atoms with van der Waals surface area (Å²) in [6.45, 7) is 4.30. The van der Waals surface area contributed by atoms with Gasteiger partial charge in [0, 0.05) is 25.2 Å². The number of hydrogen-bond donors (Lipinski definition) is 1. The molecule has 0 spiro atoms. The van der Waals surface area contributed by atoms with Gasteiger partial charge in [-0.2, -0.15) is 0 Å². The van der Waals surface area contributed by atoms with Crippen molar-refractivity contribution in [3.05, 3.63) is 59.7 Å². The highest BCUT2D eigenvalue weighted by molar-refractivity contribution is 5.94. The number of nitrogens with zero attached hydrogens (tertiary/aromatic N) is 1. The van der Waals surface area contributed by atoms with Crippen LogP contribution in [0, 0.1) is 0 Å². The van der Waals surface area contributed by atoms with Crippen molar-refractivity contribution in [2.45, 2.75) is 18.9 Å². The number of benzene rings is 2. The van der Waals surface area contributed by atoms with Crippen molar-refractivity contribution in [3.8, 4) is 11.5 Å². The Hall–Kier alpha value is -2.57. The summed E-state index contributed by atoms with van der Waals surface area (Å²) in [6, 6.07) is 15.6. The molecule has 6 heteroatoms. The van der Waals surface area contributed by atoms with E-state index in [1.807, 2.05) is 6.07 Å². The van der Waals surface area contributed by atoms with Crippen LogP contribution in [0.15, 0.2) is 48.5 Å². The quantitative estimate of drug-likeness (QED) is 0.657. The molecule has 1 heterocycles. The molecule has 0 saturated carbocycles. The first-order chi connectivity index (χ1) is 14.2. The summed E-state index contributed by atoms with van der Waals surface area (Å²) >= 11 is 0. The van der Waals surface area contributed by atoms with Crippen LogP contribution in [0.2, 0.25) is 0 Å². The molecule has 1 atom stereocenters. The normalized spacial score (nSPS) is 17.0. The van der Waals surface area contributed by atoms with Crippen LogP contribution in [0.5, 0.6) is 11.5 Å². The third-order valence-corrected chi connectivity index (χ3v) is 5.15. The summed E-state index contributed by atoms with van der Waals surface area (Å²) < 4.78 is 16.4. The lowest BCUT2D eigenvalue weighted by atomic mass is 10.1. The minimum absolute atomic E-state index is 0.0959. The average Bonchev–Trinajstić information content (AvgIpc) is 2.79. The summed E-state index contributed by atoms with van der Waals surface area (Å²) in [4.78, 5) is 14.8. The van der Waals surface area contributed by atoms with Crippen LogP contribution in [0.25, 0.3) is 0 Å². The molecule has 0 aromatic heterocycles. The maximum absolute atomic E-state index is 12.3. The number of hydrogen-bond acceptors (Lipinski definition) is 5. The standard InChI is InChI=1S/C23H30N2O4/c1-27-20-11-10-19(16-21(20)28-2)23(26)24-12-6-7-13-25-14-15-29-22(17-25)18-8-4-3-5-9-18/h3-5,8-11,16,22H,6-7,12-15,17H2,1-2H3,(H,24,26). The molecule has 1 N–H and O–H groups in total. The zero-order valence-corrected chi connectivity index (χ0v) is 17.2. The van der Waals surface area contributed by atoms with Gasteiger partial charge in [0.25, 0.3) is 5.91 Å². The Balaban J connectivity index is 1.38. The first-order valence-electron chi connectivity index (χ1n) is 10.1. The highest BCUT2D eigenvalue weighted by atomic mass is 16.5. The summed E-state index contributed by atoms with van der Waals surface area (Å²) in [5.41, 5.74) is 1.81. The van der Waals surface area contributed by atoms with Gasteiger partial charge in [-0.05, 0) is 43.1 Å². The number of carbonyl (C=O) groups is 1. The Morgan fingerprint density at radius 1 is 1.10 bits per heavy atom. The molecule has 1 fully saturated rings. The van der Waals surface area contributed by atoms with Crippen LogP contribution < -0.4 is 14.8 Å². The Morgan fingerprint density at radius 2 is 1.90 bits per heavy atom. The highest BCUT2D eigenvalue weighted by Gasteiger charge is 2.21. The van der Waals surface area contributed by atoms with Gasteiger partial charge in [-0.1, -0.05) is 30.3 Å². The maximum Gasteiger partial charge on any atom is 0.251 e. The van der Waals surface area contributed by atoms with Gasteiger partial charge in [0.2, 0.25) is 0 Å². The molecule has 29 heavy (non-hydrogen) atoms. The van der Waals surface area contributed by atoms with Gasteiger partial charge >= 0.3 is 0 Å². The number of nitrogens with one attached hydrogen (secondary N) is 1. The minimum Gasteiger partial charge on any atom is -0.493 e. The second-order valence-electron chi connectivity index (χ2n) is 7.10. The first-order valence-corrected chi connectivity index (χ1v) is 10.1. The molecule has 1 aliphatic heterocycles. The maximum atomic E-state index is 12.3. The SMILES string of the molecule is COc1ccc(C(=O)NCCCCN2CCOC(c3ccccc3)C2)cc1OC. The van der Waals surface area contributed by atoms with Crippen molar-refractivity contribution in [2.75, 3.05) is 47.0 Å². The molecule has 1 amide bonds. The third-order valence-electron chi connectivity index (χ3n) is 5.15. The summed E-state index contributed by atoms with van der Waals surface area (Å²) in [5.74, 6) is 1.07. The van der Waals surface area contributed by atoms with E-state index in [2.05, 4.69) is 34.5 Å². The van der Waals surface area contributed by atoms with Gasteiger partial charge in [-0.15, -0.1) is 0 Å². The van der Waals surface area contributed by atoms with Crippen LogP contribution >= 0.6 is 0 Å². The lowest BCUT2D eigenvalue weighted by Crippen LogP contribution is -2.39. The second kappa shape index (κ2) is 10.8. The zero-order chi connectivity index (χ0) is 20.5. The van der Waals surface area contributed by atoms with E-state index in [4.69, 9.17) is 14.2 Å². The summed E-state index contributed by atoms with van der Waals surface area (Å²) in [5, 5.41) is 2.98. The molecule has 1 saturated heterocycles. The van der Waals surface area contributed by atoms with E-state index in [-0.39, 0.29) is 12.0 Å². The molecule has 1 aliphatic rings. The Bertz CT molecular complexity index is 782. The lowest BCUT2D eigenvalue weighted by molar-refractivity contribution is -0.0303. The van der Waals surface area contributed by atoms with Crippen LogP contribution in [0.3, 0.4) is 0 Å². The monoisotopic (exact) mass is 398 g/mol. The zero-order valence-electron chi connectivity index (χ0n) is 17.2. The van der Waals surface area contributed by atoms with E-state index < -0.39 is 0 Å². The topological polar surface area (TPSA) is 60.0 Å². The molecular weight excluding hydrogens is 368 g/mol. The van der Waals surface area contributed by atoms with Gasteiger partial charge < -0.3 is 19.5 Å². The van der Waals surface area contributed by atoms with Crippen molar-refractivity contribution >= 4 is 5.91 Å².